The van der Waals surface area contributed by atoms with Crippen molar-refractivity contribution in [2.45, 2.75) is 25.3 Å². The summed E-state index contributed by atoms with van der Waals surface area (Å²) in [6.07, 6.45) is 4.13. The molecule has 19 heavy (non-hydrogen) atoms. The Morgan fingerprint density at radius 2 is 2.00 bits per heavy atom. The molecule has 0 bridgehead atoms. The highest BCUT2D eigenvalue weighted by Crippen LogP contribution is 2.37. The molecule has 1 aromatic carbocycles. The van der Waals surface area contributed by atoms with Gasteiger partial charge in [0.1, 0.15) is 0 Å². The summed E-state index contributed by atoms with van der Waals surface area (Å²) in [5, 5.41) is 9.07. The van der Waals surface area contributed by atoms with Crippen LogP contribution >= 0.6 is 0 Å². The van der Waals surface area contributed by atoms with Crippen LogP contribution in [0, 0.1) is 0 Å². The van der Waals surface area contributed by atoms with Crippen molar-refractivity contribution in [2.75, 3.05) is 6.54 Å². The molecule has 0 spiro atoms. The van der Waals surface area contributed by atoms with Crippen molar-refractivity contribution < 1.29 is 14.7 Å². The zero-order valence-corrected chi connectivity index (χ0v) is 10.5. The maximum absolute atomic E-state index is 12.4. The molecule has 1 amide bonds. The summed E-state index contributed by atoms with van der Waals surface area (Å²) in [5.74, 6) is -0.924. The number of aliphatic carboxylic acids is 1. The summed E-state index contributed by atoms with van der Waals surface area (Å²) in [7, 11) is 0. The molecule has 1 atom stereocenters. The van der Waals surface area contributed by atoms with Crippen LogP contribution in [0.5, 0.6) is 0 Å². The quantitative estimate of drug-likeness (QED) is 0.784. The molecule has 2 heterocycles. The number of benzene rings is 1. The number of amides is 1. The van der Waals surface area contributed by atoms with Crippen LogP contribution < -0.4 is 0 Å². The molecule has 2 aliphatic heterocycles. The molecule has 1 N–H and O–H groups in total. The van der Waals surface area contributed by atoms with Gasteiger partial charge in [-0.1, -0.05) is 18.2 Å². The molecule has 1 aromatic rings. The van der Waals surface area contributed by atoms with E-state index in [-0.39, 0.29) is 11.9 Å². The minimum Gasteiger partial charge on any atom is -0.478 e. The number of carboxylic acids is 1. The predicted octanol–water partition coefficient (Wildman–Crippen LogP) is 2.16. The number of hydrogen-bond acceptors (Lipinski definition) is 2. The first-order valence-corrected chi connectivity index (χ1v) is 6.53. The van der Waals surface area contributed by atoms with Gasteiger partial charge in [0.2, 0.25) is 0 Å². The van der Waals surface area contributed by atoms with Gasteiger partial charge >= 0.3 is 5.97 Å². The summed E-state index contributed by atoms with van der Waals surface area (Å²) in [5.41, 5.74) is 2.16. The molecule has 98 valence electrons. The summed E-state index contributed by atoms with van der Waals surface area (Å²) in [6, 6.07) is 7.21. The van der Waals surface area contributed by atoms with Crippen LogP contribution in [0.2, 0.25) is 0 Å². The second kappa shape index (κ2) is 4.53. The number of rotatable bonds is 1. The number of nitrogens with zero attached hydrogens (tertiary/aromatic N) is 1. The molecule has 1 unspecified atom stereocenters. The molecule has 4 heteroatoms. The van der Waals surface area contributed by atoms with Crippen molar-refractivity contribution in [3.8, 4) is 0 Å². The van der Waals surface area contributed by atoms with Crippen molar-refractivity contribution in [1.82, 2.24) is 4.90 Å². The van der Waals surface area contributed by atoms with E-state index in [1.165, 1.54) is 6.08 Å². The topological polar surface area (TPSA) is 57.6 Å². The van der Waals surface area contributed by atoms with E-state index in [1.54, 1.807) is 6.07 Å². The van der Waals surface area contributed by atoms with Crippen LogP contribution in [0.4, 0.5) is 0 Å². The summed E-state index contributed by atoms with van der Waals surface area (Å²) >= 11 is 0. The SMILES string of the molecule is O=C(O)/C=C1/c2ccccc2C(=O)N2CCCCC12. The Balaban J connectivity index is 2.17. The van der Waals surface area contributed by atoms with Crippen molar-refractivity contribution in [3.05, 3.63) is 41.5 Å². The Morgan fingerprint density at radius 3 is 2.74 bits per heavy atom. The fourth-order valence-electron chi connectivity index (χ4n) is 3.06. The molecule has 0 radical (unpaired) electrons. The van der Waals surface area contributed by atoms with E-state index in [2.05, 4.69) is 0 Å². The fraction of sp³-hybridized carbons (Fsp3) is 0.333. The molecular formula is C15H15NO3. The molecule has 3 rings (SSSR count). The highest BCUT2D eigenvalue weighted by Gasteiger charge is 2.37. The number of fused-ring (bicyclic) bond motifs is 2. The molecule has 0 aromatic heterocycles. The first-order chi connectivity index (χ1) is 9.18. The molecule has 4 nitrogen and oxygen atoms in total. The van der Waals surface area contributed by atoms with Gasteiger partial charge in [0, 0.05) is 18.2 Å². The van der Waals surface area contributed by atoms with Crippen LogP contribution in [0.25, 0.3) is 5.57 Å². The third-order valence-corrected chi connectivity index (χ3v) is 3.87. The van der Waals surface area contributed by atoms with Gasteiger partial charge in [-0.15, -0.1) is 0 Å². The minimum absolute atomic E-state index is 0.0304. The van der Waals surface area contributed by atoms with Crippen molar-refractivity contribution in [1.29, 1.82) is 0 Å². The van der Waals surface area contributed by atoms with Crippen LogP contribution in [0.3, 0.4) is 0 Å². The van der Waals surface area contributed by atoms with E-state index < -0.39 is 5.97 Å². The van der Waals surface area contributed by atoms with E-state index in [0.29, 0.717) is 5.56 Å². The molecule has 1 fully saturated rings. The number of piperidine rings is 1. The van der Waals surface area contributed by atoms with Crippen molar-refractivity contribution in [2.24, 2.45) is 0 Å². The van der Waals surface area contributed by atoms with Crippen LogP contribution in [0.1, 0.15) is 35.2 Å². The van der Waals surface area contributed by atoms with Gasteiger partial charge in [-0.25, -0.2) is 4.79 Å². The lowest BCUT2D eigenvalue weighted by Crippen LogP contribution is -2.47. The van der Waals surface area contributed by atoms with Gasteiger partial charge < -0.3 is 10.0 Å². The second-order valence-corrected chi connectivity index (χ2v) is 4.99. The van der Waals surface area contributed by atoms with Crippen molar-refractivity contribution in [3.63, 3.8) is 0 Å². The third kappa shape index (κ3) is 1.93. The highest BCUT2D eigenvalue weighted by atomic mass is 16.4. The third-order valence-electron chi connectivity index (χ3n) is 3.87. The lowest BCUT2D eigenvalue weighted by atomic mass is 9.83. The Hall–Kier alpha value is -2.10. The Kier molecular flexibility index (Phi) is 2.85. The molecule has 0 aliphatic carbocycles. The maximum Gasteiger partial charge on any atom is 0.328 e. The number of hydrogen-bond donors (Lipinski definition) is 1. The van der Waals surface area contributed by atoms with E-state index in [9.17, 15) is 9.59 Å². The van der Waals surface area contributed by atoms with Gasteiger partial charge in [0.25, 0.3) is 5.91 Å². The average Bonchev–Trinajstić information content (AvgIpc) is 2.43. The van der Waals surface area contributed by atoms with Crippen LogP contribution in [0.15, 0.2) is 30.3 Å². The zero-order valence-electron chi connectivity index (χ0n) is 10.5. The first-order valence-electron chi connectivity index (χ1n) is 6.53. The molecule has 1 saturated heterocycles. The molecular weight excluding hydrogens is 242 g/mol. The van der Waals surface area contributed by atoms with E-state index in [4.69, 9.17) is 5.11 Å². The maximum atomic E-state index is 12.4. The second-order valence-electron chi connectivity index (χ2n) is 4.99. The highest BCUT2D eigenvalue weighted by molar-refractivity contribution is 6.06. The lowest BCUT2D eigenvalue weighted by molar-refractivity contribution is -0.131. The normalized spacial score (nSPS) is 24.0. The van der Waals surface area contributed by atoms with Gasteiger partial charge in [-0.05, 0) is 36.5 Å². The van der Waals surface area contributed by atoms with Gasteiger partial charge in [-0.2, -0.15) is 0 Å². The van der Waals surface area contributed by atoms with E-state index >= 15 is 0 Å². The zero-order chi connectivity index (χ0) is 13.4. The number of carbonyl (C=O) groups excluding carboxylic acids is 1. The average molecular weight is 257 g/mol. The number of carbonyl (C=O) groups is 2. The number of carboxylic acid groups (broad SMARTS) is 1. The Morgan fingerprint density at radius 1 is 1.26 bits per heavy atom. The van der Waals surface area contributed by atoms with E-state index in [0.717, 1.165) is 36.9 Å². The largest absolute Gasteiger partial charge is 0.478 e. The van der Waals surface area contributed by atoms with E-state index in [1.807, 2.05) is 23.1 Å². The predicted molar refractivity (Wildman–Crippen MR) is 70.7 cm³/mol. The summed E-state index contributed by atoms with van der Waals surface area (Å²) < 4.78 is 0. The standard InChI is InChI=1S/C15H15NO3/c17-14(18)9-12-10-5-1-2-6-11(10)15(19)16-8-4-3-7-13(12)16/h1-2,5-6,9,13H,3-4,7-8H2,(H,17,18)/b12-9-. The van der Waals surface area contributed by atoms with Gasteiger partial charge in [0.05, 0.1) is 6.04 Å². The van der Waals surface area contributed by atoms with Crippen LogP contribution in [-0.4, -0.2) is 34.5 Å². The van der Waals surface area contributed by atoms with Gasteiger partial charge in [-0.3, -0.25) is 4.79 Å². The molecule has 2 aliphatic rings. The summed E-state index contributed by atoms with van der Waals surface area (Å²) in [6.45, 7) is 0.717. The van der Waals surface area contributed by atoms with Crippen molar-refractivity contribution >= 4 is 17.4 Å². The summed E-state index contributed by atoms with van der Waals surface area (Å²) in [4.78, 5) is 25.3. The lowest BCUT2D eigenvalue weighted by Gasteiger charge is -2.41. The smallest absolute Gasteiger partial charge is 0.328 e. The fourth-order valence-corrected chi connectivity index (χ4v) is 3.06. The molecule has 0 saturated carbocycles. The first kappa shape index (κ1) is 12.0. The van der Waals surface area contributed by atoms with Crippen LogP contribution in [-0.2, 0) is 4.79 Å². The Labute approximate surface area is 111 Å². The monoisotopic (exact) mass is 257 g/mol. The van der Waals surface area contributed by atoms with Gasteiger partial charge in [0.15, 0.2) is 0 Å². The minimum atomic E-state index is -0.954. The Bertz CT molecular complexity index is 577.